The molecular weight excluding hydrogens is 429 g/mol. The summed E-state index contributed by atoms with van der Waals surface area (Å²) in [6.07, 6.45) is 3.14. The molecule has 0 radical (unpaired) electrons. The number of pyridine rings is 1. The number of hydrogen-bond donors (Lipinski definition) is 1. The van der Waals surface area contributed by atoms with Crippen LogP contribution in [0.25, 0.3) is 37.1 Å². The summed E-state index contributed by atoms with van der Waals surface area (Å²) in [5, 5.41) is 2.58. The van der Waals surface area contributed by atoms with E-state index in [1.807, 2.05) is 18.2 Å². The highest BCUT2D eigenvalue weighted by molar-refractivity contribution is 7.22. The number of benzene rings is 2. The van der Waals surface area contributed by atoms with E-state index >= 15 is 0 Å². The van der Waals surface area contributed by atoms with Crippen molar-refractivity contribution in [1.29, 1.82) is 0 Å². The molecule has 0 spiro atoms. The van der Waals surface area contributed by atoms with Crippen LogP contribution < -0.4 is 11.2 Å². The van der Waals surface area contributed by atoms with Gasteiger partial charge in [-0.2, -0.15) is 0 Å². The molecule has 0 aliphatic heterocycles. The van der Waals surface area contributed by atoms with Crippen molar-refractivity contribution in [2.24, 2.45) is 0 Å². The maximum atomic E-state index is 13.3. The van der Waals surface area contributed by atoms with E-state index in [0.717, 1.165) is 20.4 Å². The SMILES string of the molecule is O=c1[nH]c2cc(-c3ccccc3Cl)sc2c(=O)n1-c1cncc2cc(Cl)ccc12. The van der Waals surface area contributed by atoms with Gasteiger partial charge in [0.05, 0.1) is 17.4 Å². The van der Waals surface area contributed by atoms with Crippen molar-refractivity contribution in [3.63, 3.8) is 0 Å². The normalized spacial score (nSPS) is 11.4. The third-order valence-corrected chi connectivity index (χ3v) is 6.38. The number of halogens is 2. The van der Waals surface area contributed by atoms with Gasteiger partial charge in [0.2, 0.25) is 0 Å². The van der Waals surface area contributed by atoms with Gasteiger partial charge >= 0.3 is 5.69 Å². The summed E-state index contributed by atoms with van der Waals surface area (Å²) in [5.41, 5.74) is 0.752. The van der Waals surface area contributed by atoms with Gasteiger partial charge in [-0.1, -0.05) is 47.5 Å². The van der Waals surface area contributed by atoms with Crippen LogP contribution in [0.4, 0.5) is 0 Å². The Morgan fingerprint density at radius 3 is 2.66 bits per heavy atom. The number of rotatable bonds is 2. The molecule has 0 atom stereocenters. The Hall–Kier alpha value is -2.93. The largest absolute Gasteiger partial charge is 0.333 e. The fraction of sp³-hybridized carbons (Fsp3) is 0. The standard InChI is InChI=1S/C21H11Cl2N3O2S/c22-12-5-6-13-11(7-12)9-24-10-17(13)26-20(27)19-16(25-21(26)28)8-18(29-19)14-3-1-2-4-15(14)23/h1-10H,(H,25,28). The highest BCUT2D eigenvalue weighted by Gasteiger charge is 2.16. The fourth-order valence-electron chi connectivity index (χ4n) is 3.33. The number of H-pyrrole nitrogens is 1. The van der Waals surface area contributed by atoms with Gasteiger partial charge in [-0.15, -0.1) is 11.3 Å². The number of aromatic nitrogens is 3. The summed E-state index contributed by atoms with van der Waals surface area (Å²) in [6.45, 7) is 0. The number of hydrogen-bond acceptors (Lipinski definition) is 4. The predicted molar refractivity (Wildman–Crippen MR) is 119 cm³/mol. The minimum Gasteiger partial charge on any atom is -0.306 e. The molecule has 8 heteroatoms. The fourth-order valence-corrected chi connectivity index (χ4v) is 4.89. The zero-order valence-electron chi connectivity index (χ0n) is 14.6. The molecule has 0 saturated carbocycles. The van der Waals surface area contributed by atoms with Crippen LogP contribution in [0.15, 0.2) is 70.5 Å². The second-order valence-electron chi connectivity index (χ2n) is 6.43. The zero-order valence-corrected chi connectivity index (χ0v) is 17.0. The minimum absolute atomic E-state index is 0.403. The molecule has 0 bridgehead atoms. The van der Waals surface area contributed by atoms with Gasteiger partial charge in [0.1, 0.15) is 4.70 Å². The van der Waals surface area contributed by atoms with E-state index in [-0.39, 0.29) is 0 Å². The summed E-state index contributed by atoms with van der Waals surface area (Å²) in [5.74, 6) is 0. The monoisotopic (exact) mass is 439 g/mol. The van der Waals surface area contributed by atoms with E-state index in [2.05, 4.69) is 9.97 Å². The average molecular weight is 440 g/mol. The van der Waals surface area contributed by atoms with Crippen LogP contribution >= 0.6 is 34.5 Å². The maximum absolute atomic E-state index is 13.3. The first kappa shape index (κ1) is 18.1. The van der Waals surface area contributed by atoms with Crippen LogP contribution in [-0.2, 0) is 0 Å². The van der Waals surface area contributed by atoms with Gasteiger partial charge in [-0.25, -0.2) is 9.36 Å². The van der Waals surface area contributed by atoms with Gasteiger partial charge in [0.15, 0.2) is 0 Å². The van der Waals surface area contributed by atoms with Crippen LogP contribution in [0.2, 0.25) is 10.0 Å². The quantitative estimate of drug-likeness (QED) is 0.407. The molecule has 5 rings (SSSR count). The molecule has 2 aromatic carbocycles. The van der Waals surface area contributed by atoms with Crippen LogP contribution in [0.1, 0.15) is 0 Å². The van der Waals surface area contributed by atoms with Crippen molar-refractivity contribution in [2.45, 2.75) is 0 Å². The second kappa shape index (κ2) is 6.84. The molecule has 3 heterocycles. The van der Waals surface area contributed by atoms with E-state index in [9.17, 15) is 9.59 Å². The molecule has 3 aromatic heterocycles. The van der Waals surface area contributed by atoms with E-state index < -0.39 is 11.2 Å². The number of fused-ring (bicyclic) bond motifs is 2. The van der Waals surface area contributed by atoms with Crippen LogP contribution in [0.5, 0.6) is 0 Å². The van der Waals surface area contributed by atoms with Crippen LogP contribution in [-0.4, -0.2) is 14.5 Å². The molecule has 0 fully saturated rings. The number of aromatic amines is 1. The van der Waals surface area contributed by atoms with Gasteiger partial charge in [-0.05, 0) is 24.3 Å². The molecule has 0 unspecified atom stereocenters. The summed E-state index contributed by atoms with van der Waals surface area (Å²) in [7, 11) is 0. The first-order chi connectivity index (χ1) is 14.0. The van der Waals surface area contributed by atoms with E-state index in [4.69, 9.17) is 23.2 Å². The maximum Gasteiger partial charge on any atom is 0.333 e. The van der Waals surface area contributed by atoms with E-state index in [1.54, 1.807) is 36.5 Å². The first-order valence-electron chi connectivity index (χ1n) is 8.60. The molecule has 5 aromatic rings. The lowest BCUT2D eigenvalue weighted by molar-refractivity contribution is 0.905. The lowest BCUT2D eigenvalue weighted by Gasteiger charge is -2.08. The van der Waals surface area contributed by atoms with Crippen molar-refractivity contribution in [1.82, 2.24) is 14.5 Å². The number of nitrogens with zero attached hydrogens (tertiary/aromatic N) is 2. The van der Waals surface area contributed by atoms with Crippen LogP contribution in [0.3, 0.4) is 0 Å². The number of thiophene rings is 1. The Bertz CT molecular complexity index is 1540. The summed E-state index contributed by atoms with van der Waals surface area (Å²) < 4.78 is 1.55. The summed E-state index contributed by atoms with van der Waals surface area (Å²) in [6, 6.07) is 14.4. The Morgan fingerprint density at radius 2 is 1.83 bits per heavy atom. The average Bonchev–Trinajstić information content (AvgIpc) is 3.12. The molecule has 0 amide bonds. The van der Waals surface area contributed by atoms with Crippen molar-refractivity contribution >= 4 is 55.5 Å². The second-order valence-corrected chi connectivity index (χ2v) is 8.32. The number of nitrogens with one attached hydrogen (secondary N) is 1. The van der Waals surface area contributed by atoms with E-state index in [0.29, 0.717) is 31.3 Å². The highest BCUT2D eigenvalue weighted by Crippen LogP contribution is 2.35. The van der Waals surface area contributed by atoms with Crippen molar-refractivity contribution in [3.05, 3.63) is 91.8 Å². The van der Waals surface area contributed by atoms with Gasteiger partial charge < -0.3 is 4.98 Å². The van der Waals surface area contributed by atoms with Gasteiger partial charge in [-0.3, -0.25) is 9.78 Å². The molecule has 1 N–H and O–H groups in total. The van der Waals surface area contributed by atoms with Crippen molar-refractivity contribution in [3.8, 4) is 16.1 Å². The lowest BCUT2D eigenvalue weighted by atomic mass is 10.1. The Morgan fingerprint density at radius 1 is 1.00 bits per heavy atom. The molecule has 5 nitrogen and oxygen atoms in total. The smallest absolute Gasteiger partial charge is 0.306 e. The Labute approximate surface area is 177 Å². The summed E-state index contributed by atoms with van der Waals surface area (Å²) in [4.78, 5) is 33.8. The third kappa shape index (κ3) is 2.97. The molecule has 29 heavy (non-hydrogen) atoms. The topological polar surface area (TPSA) is 67.8 Å². The molecular formula is C21H11Cl2N3O2S. The Kier molecular flexibility index (Phi) is 4.28. The van der Waals surface area contributed by atoms with Gasteiger partial charge in [0.25, 0.3) is 5.56 Å². The van der Waals surface area contributed by atoms with E-state index in [1.165, 1.54) is 17.5 Å². The first-order valence-corrected chi connectivity index (χ1v) is 10.2. The molecule has 142 valence electrons. The summed E-state index contributed by atoms with van der Waals surface area (Å²) >= 11 is 13.6. The molecule has 0 aliphatic carbocycles. The Balaban J connectivity index is 1.80. The highest BCUT2D eigenvalue weighted by atomic mass is 35.5. The lowest BCUT2D eigenvalue weighted by Crippen LogP contribution is -2.33. The molecule has 0 saturated heterocycles. The third-order valence-electron chi connectivity index (χ3n) is 4.65. The zero-order chi connectivity index (χ0) is 20.1. The van der Waals surface area contributed by atoms with Crippen LogP contribution in [0, 0.1) is 0 Å². The van der Waals surface area contributed by atoms with Gasteiger partial charge in [0, 0.05) is 37.5 Å². The molecule has 0 aliphatic rings. The predicted octanol–water partition coefficient (Wildman–Crippen LogP) is 5.26. The minimum atomic E-state index is -0.532. The van der Waals surface area contributed by atoms with Crippen molar-refractivity contribution < 1.29 is 0 Å². The van der Waals surface area contributed by atoms with Crippen molar-refractivity contribution in [2.75, 3.05) is 0 Å².